The highest BCUT2D eigenvalue weighted by Crippen LogP contribution is 2.28. The highest BCUT2D eigenvalue weighted by atomic mass is 19.1. The summed E-state index contributed by atoms with van der Waals surface area (Å²) in [6, 6.07) is 2.53. The predicted molar refractivity (Wildman–Crippen MR) is 71.9 cm³/mol. The molecule has 2 rings (SSSR count). The number of aliphatic carboxylic acids is 1. The van der Waals surface area contributed by atoms with Crippen LogP contribution in [0, 0.1) is 11.6 Å². The van der Waals surface area contributed by atoms with E-state index in [4.69, 9.17) is 0 Å². The first-order chi connectivity index (χ1) is 9.94. The van der Waals surface area contributed by atoms with Crippen molar-refractivity contribution in [3.63, 3.8) is 0 Å². The Hall–Kier alpha value is -1.98. The van der Waals surface area contributed by atoms with Gasteiger partial charge in [0.15, 0.2) is 0 Å². The van der Waals surface area contributed by atoms with Crippen molar-refractivity contribution < 1.29 is 23.5 Å². The Balaban J connectivity index is 2.26. The van der Waals surface area contributed by atoms with Gasteiger partial charge in [-0.3, -0.25) is 4.79 Å². The zero-order valence-corrected chi connectivity index (χ0v) is 11.5. The second kappa shape index (κ2) is 6.20. The molecule has 2 N–H and O–H groups in total. The minimum atomic E-state index is -1.40. The lowest BCUT2D eigenvalue weighted by molar-refractivity contribution is -0.145. The van der Waals surface area contributed by atoms with Gasteiger partial charge in [0.25, 0.3) is 5.91 Å². The third-order valence-electron chi connectivity index (χ3n) is 3.89. The molecule has 114 valence electrons. The monoisotopic (exact) mass is 297 g/mol. The van der Waals surface area contributed by atoms with E-state index in [2.05, 4.69) is 5.32 Å². The Labute approximate surface area is 121 Å². The summed E-state index contributed by atoms with van der Waals surface area (Å²) in [5.41, 5.74) is -1.87. The molecule has 1 amide bonds. The van der Waals surface area contributed by atoms with E-state index in [0.29, 0.717) is 25.7 Å². The molecular formula is C15H17F2NO3. The molecule has 0 spiro atoms. The average Bonchev–Trinajstić information content (AvgIpc) is 2.68. The van der Waals surface area contributed by atoms with Gasteiger partial charge in [0, 0.05) is 0 Å². The molecule has 6 heteroatoms. The van der Waals surface area contributed by atoms with E-state index in [-0.39, 0.29) is 0 Å². The van der Waals surface area contributed by atoms with Crippen LogP contribution in [-0.2, 0) is 4.79 Å². The lowest BCUT2D eigenvalue weighted by atomic mass is 9.89. The molecule has 0 saturated heterocycles. The Morgan fingerprint density at radius 1 is 1.10 bits per heavy atom. The van der Waals surface area contributed by atoms with Crippen LogP contribution in [0.15, 0.2) is 18.2 Å². The summed E-state index contributed by atoms with van der Waals surface area (Å²) in [6.07, 6.45) is 3.75. The standard InChI is InChI=1S/C15H17F2NO3/c16-10-5-6-12(17)11(9-10)13(19)18-15(14(20)21)7-3-1-2-4-8-15/h5-6,9H,1-4,7-8H2,(H,18,19)(H,20,21). The van der Waals surface area contributed by atoms with Crippen molar-refractivity contribution in [2.24, 2.45) is 0 Å². The number of amides is 1. The number of halogens is 2. The normalized spacial score (nSPS) is 17.8. The lowest BCUT2D eigenvalue weighted by Gasteiger charge is -2.29. The summed E-state index contributed by atoms with van der Waals surface area (Å²) >= 11 is 0. The molecule has 0 aromatic heterocycles. The molecule has 1 aromatic rings. The van der Waals surface area contributed by atoms with E-state index < -0.39 is 34.6 Å². The molecule has 1 aliphatic carbocycles. The second-order valence-corrected chi connectivity index (χ2v) is 5.38. The highest BCUT2D eigenvalue weighted by Gasteiger charge is 2.40. The Kier molecular flexibility index (Phi) is 4.55. The van der Waals surface area contributed by atoms with E-state index in [1.54, 1.807) is 0 Å². The Morgan fingerprint density at radius 3 is 2.29 bits per heavy atom. The SMILES string of the molecule is O=C(NC1(C(=O)O)CCCCCC1)c1cc(F)ccc1F. The van der Waals surface area contributed by atoms with Crippen molar-refractivity contribution in [2.75, 3.05) is 0 Å². The summed E-state index contributed by atoms with van der Waals surface area (Å²) < 4.78 is 26.7. The van der Waals surface area contributed by atoms with Gasteiger partial charge in [-0.2, -0.15) is 0 Å². The number of carbonyl (C=O) groups excluding carboxylic acids is 1. The van der Waals surface area contributed by atoms with Crippen LogP contribution in [0.25, 0.3) is 0 Å². The first kappa shape index (κ1) is 15.4. The number of carbonyl (C=O) groups is 2. The molecule has 0 bridgehead atoms. The quantitative estimate of drug-likeness (QED) is 0.843. The minimum Gasteiger partial charge on any atom is -0.480 e. The molecule has 4 nitrogen and oxygen atoms in total. The van der Waals surface area contributed by atoms with Crippen LogP contribution in [0.3, 0.4) is 0 Å². The van der Waals surface area contributed by atoms with Gasteiger partial charge in [0.05, 0.1) is 5.56 Å². The van der Waals surface area contributed by atoms with Gasteiger partial charge in [0.2, 0.25) is 0 Å². The van der Waals surface area contributed by atoms with Crippen LogP contribution in [0.1, 0.15) is 48.9 Å². The first-order valence-electron chi connectivity index (χ1n) is 6.95. The average molecular weight is 297 g/mol. The van der Waals surface area contributed by atoms with Gasteiger partial charge in [-0.1, -0.05) is 25.7 Å². The van der Waals surface area contributed by atoms with E-state index in [1.807, 2.05) is 0 Å². The summed E-state index contributed by atoms with van der Waals surface area (Å²) in [7, 11) is 0. The number of nitrogens with one attached hydrogen (secondary N) is 1. The van der Waals surface area contributed by atoms with Crippen molar-refractivity contribution in [2.45, 2.75) is 44.1 Å². The van der Waals surface area contributed by atoms with Crippen molar-refractivity contribution in [3.05, 3.63) is 35.4 Å². The molecule has 1 aliphatic rings. The largest absolute Gasteiger partial charge is 0.480 e. The molecule has 1 aromatic carbocycles. The summed E-state index contributed by atoms with van der Waals surface area (Å²) in [6.45, 7) is 0. The van der Waals surface area contributed by atoms with Crippen LogP contribution in [0.5, 0.6) is 0 Å². The predicted octanol–water partition coefficient (Wildman–Crippen LogP) is 2.87. The maximum atomic E-state index is 13.6. The smallest absolute Gasteiger partial charge is 0.329 e. The van der Waals surface area contributed by atoms with Crippen molar-refractivity contribution in [1.82, 2.24) is 5.32 Å². The molecule has 0 unspecified atom stereocenters. The fourth-order valence-corrected chi connectivity index (χ4v) is 2.68. The summed E-state index contributed by atoms with van der Waals surface area (Å²) in [5.74, 6) is -3.64. The number of carboxylic acids is 1. The molecule has 0 heterocycles. The third kappa shape index (κ3) is 3.37. The fraction of sp³-hybridized carbons (Fsp3) is 0.467. The van der Waals surface area contributed by atoms with Gasteiger partial charge in [-0.15, -0.1) is 0 Å². The summed E-state index contributed by atoms with van der Waals surface area (Å²) in [4.78, 5) is 23.7. The van der Waals surface area contributed by atoms with Gasteiger partial charge in [0.1, 0.15) is 17.2 Å². The highest BCUT2D eigenvalue weighted by molar-refractivity contribution is 5.98. The molecule has 0 radical (unpaired) electrons. The fourth-order valence-electron chi connectivity index (χ4n) is 2.68. The van der Waals surface area contributed by atoms with Gasteiger partial charge < -0.3 is 10.4 Å². The second-order valence-electron chi connectivity index (χ2n) is 5.38. The Morgan fingerprint density at radius 2 is 1.71 bits per heavy atom. The topological polar surface area (TPSA) is 66.4 Å². The first-order valence-corrected chi connectivity index (χ1v) is 6.95. The summed E-state index contributed by atoms with van der Waals surface area (Å²) in [5, 5.41) is 11.9. The molecule has 0 aliphatic heterocycles. The van der Waals surface area contributed by atoms with E-state index in [1.165, 1.54) is 0 Å². The van der Waals surface area contributed by atoms with E-state index >= 15 is 0 Å². The van der Waals surface area contributed by atoms with Gasteiger partial charge in [-0.05, 0) is 31.0 Å². The lowest BCUT2D eigenvalue weighted by Crippen LogP contribution is -2.54. The molecule has 1 saturated carbocycles. The zero-order chi connectivity index (χ0) is 15.5. The number of carboxylic acid groups (broad SMARTS) is 1. The van der Waals surface area contributed by atoms with Crippen LogP contribution in [0.2, 0.25) is 0 Å². The molecular weight excluding hydrogens is 280 g/mol. The van der Waals surface area contributed by atoms with Gasteiger partial charge in [-0.25, -0.2) is 13.6 Å². The number of hydrogen-bond acceptors (Lipinski definition) is 2. The third-order valence-corrected chi connectivity index (χ3v) is 3.89. The molecule has 21 heavy (non-hydrogen) atoms. The van der Waals surface area contributed by atoms with Crippen molar-refractivity contribution >= 4 is 11.9 Å². The van der Waals surface area contributed by atoms with E-state index in [9.17, 15) is 23.5 Å². The van der Waals surface area contributed by atoms with Crippen molar-refractivity contribution in [3.8, 4) is 0 Å². The molecule has 0 atom stereocenters. The maximum absolute atomic E-state index is 13.6. The Bertz CT molecular complexity index is 552. The number of rotatable bonds is 3. The zero-order valence-electron chi connectivity index (χ0n) is 11.5. The molecule has 1 fully saturated rings. The van der Waals surface area contributed by atoms with Crippen LogP contribution in [0.4, 0.5) is 8.78 Å². The van der Waals surface area contributed by atoms with Crippen LogP contribution >= 0.6 is 0 Å². The minimum absolute atomic E-state index is 0.297. The van der Waals surface area contributed by atoms with E-state index in [0.717, 1.165) is 31.0 Å². The van der Waals surface area contributed by atoms with Crippen LogP contribution in [-0.4, -0.2) is 22.5 Å². The van der Waals surface area contributed by atoms with Crippen LogP contribution < -0.4 is 5.32 Å². The van der Waals surface area contributed by atoms with Gasteiger partial charge >= 0.3 is 5.97 Å². The number of benzene rings is 1. The van der Waals surface area contributed by atoms with Crippen molar-refractivity contribution in [1.29, 1.82) is 0 Å². The number of hydrogen-bond donors (Lipinski definition) is 2. The maximum Gasteiger partial charge on any atom is 0.329 e.